The Labute approximate surface area is 260 Å². The number of carbonyl (C=O) groups excluding carboxylic acids is 1. The van der Waals surface area contributed by atoms with E-state index in [2.05, 4.69) is 90.7 Å². The molecule has 0 bridgehead atoms. The van der Waals surface area contributed by atoms with Crippen LogP contribution in [0.4, 0.5) is 5.82 Å². The van der Waals surface area contributed by atoms with Crippen LogP contribution in [0.3, 0.4) is 0 Å². The van der Waals surface area contributed by atoms with Gasteiger partial charge in [-0.3, -0.25) is 4.79 Å². The lowest BCUT2D eigenvalue weighted by atomic mass is 10.1. The first-order valence-electron chi connectivity index (χ1n) is 15.5. The van der Waals surface area contributed by atoms with Crippen LogP contribution in [-0.4, -0.2) is 58.2 Å². The number of ether oxygens (including phenoxy) is 1. The van der Waals surface area contributed by atoms with E-state index in [1.165, 1.54) is 17.7 Å². The Bertz CT molecular complexity index is 1160. The molecule has 0 amide bonds. The van der Waals surface area contributed by atoms with Crippen molar-refractivity contribution in [3.63, 3.8) is 0 Å². The first-order chi connectivity index (χ1) is 19.5. The molecule has 1 aliphatic rings. The number of nitrogens with one attached hydrogen (secondary N) is 1. The second kappa shape index (κ2) is 14.1. The van der Waals surface area contributed by atoms with Gasteiger partial charge in [0.1, 0.15) is 12.1 Å². The third kappa shape index (κ3) is 7.79. The van der Waals surface area contributed by atoms with Crippen molar-refractivity contribution in [1.82, 2.24) is 9.97 Å². The monoisotopic (exact) mass is 633 g/mol. The number of carbonyl (C=O) groups is 1. The molecule has 0 saturated heterocycles. The molecule has 1 saturated carbocycles. The first kappa shape index (κ1) is 35.0. The van der Waals surface area contributed by atoms with E-state index >= 15 is 0 Å². The lowest BCUT2D eigenvalue weighted by Crippen LogP contribution is -2.51. The maximum absolute atomic E-state index is 13.5. The summed E-state index contributed by atoms with van der Waals surface area (Å²) in [6.45, 7) is 26.8. The van der Waals surface area contributed by atoms with E-state index < -0.39 is 16.6 Å². The standard InChI is InChI=1S/C32H55N3O4SSi2/c1-21(2)42(22(3)4,23(5)6)39-28-15-26(14-25(28)18-38-41(11,12)32(7,8)9)35-31-27(16-33-20-34-31)30(36)29-13-24(17-37-10)19-40-29/h13,16,19-23,25-26,28H,14-15,17-18H2,1-12H3,(H,33,34,35)/t25-,26-,28+/m1/s1. The van der Waals surface area contributed by atoms with Gasteiger partial charge in [-0.15, -0.1) is 11.3 Å². The Balaban J connectivity index is 1.88. The van der Waals surface area contributed by atoms with Gasteiger partial charge in [0.05, 0.1) is 23.2 Å². The molecule has 2 heterocycles. The van der Waals surface area contributed by atoms with Gasteiger partial charge in [0, 0.05) is 31.9 Å². The Hall–Kier alpha value is -1.44. The molecular weight excluding hydrogens is 579 g/mol. The fourth-order valence-corrected chi connectivity index (χ4v) is 13.9. The lowest BCUT2D eigenvalue weighted by Gasteiger charge is -2.45. The summed E-state index contributed by atoms with van der Waals surface area (Å²) >= 11 is 1.43. The number of rotatable bonds is 14. The molecule has 0 aromatic carbocycles. The number of aromatic nitrogens is 2. The molecule has 42 heavy (non-hydrogen) atoms. The molecule has 10 heteroatoms. The first-order valence-corrected chi connectivity index (χ1v) is 21.5. The van der Waals surface area contributed by atoms with Crippen LogP contribution < -0.4 is 5.32 Å². The van der Waals surface area contributed by atoms with E-state index in [9.17, 15) is 4.79 Å². The third-order valence-corrected chi connectivity index (χ3v) is 21.2. The van der Waals surface area contributed by atoms with Crippen LogP contribution >= 0.6 is 11.3 Å². The maximum atomic E-state index is 13.5. The third-order valence-electron chi connectivity index (χ3n) is 9.64. The van der Waals surface area contributed by atoms with Gasteiger partial charge in [-0.2, -0.15) is 0 Å². The Kier molecular flexibility index (Phi) is 11.8. The van der Waals surface area contributed by atoms with E-state index in [0.717, 1.165) is 18.4 Å². The van der Waals surface area contributed by atoms with Crippen molar-refractivity contribution in [2.24, 2.45) is 5.92 Å². The number of anilines is 1. The summed E-state index contributed by atoms with van der Waals surface area (Å²) in [5, 5.41) is 5.76. The fourth-order valence-electron chi connectivity index (χ4n) is 6.40. The second-order valence-electron chi connectivity index (χ2n) is 14.5. The lowest BCUT2D eigenvalue weighted by molar-refractivity contribution is 0.0971. The van der Waals surface area contributed by atoms with Gasteiger partial charge in [0.15, 0.2) is 8.32 Å². The van der Waals surface area contributed by atoms with E-state index in [4.69, 9.17) is 13.6 Å². The summed E-state index contributed by atoms with van der Waals surface area (Å²) in [6, 6.07) is 2.02. The van der Waals surface area contributed by atoms with Crippen molar-refractivity contribution in [2.45, 2.75) is 129 Å². The molecule has 0 spiro atoms. The molecule has 3 atom stereocenters. The number of hydrogen-bond donors (Lipinski definition) is 1. The molecular formula is C32H55N3O4SSi2. The Morgan fingerprint density at radius 2 is 1.74 bits per heavy atom. The highest BCUT2D eigenvalue weighted by Gasteiger charge is 2.50. The number of hydrogen-bond acceptors (Lipinski definition) is 8. The minimum absolute atomic E-state index is 0.0695. The maximum Gasteiger partial charge on any atom is 0.208 e. The van der Waals surface area contributed by atoms with Crippen molar-refractivity contribution in [2.75, 3.05) is 19.0 Å². The van der Waals surface area contributed by atoms with Crippen LogP contribution in [0.1, 0.15) is 96.0 Å². The van der Waals surface area contributed by atoms with Crippen LogP contribution in [-0.2, 0) is 20.2 Å². The van der Waals surface area contributed by atoms with Crippen molar-refractivity contribution in [1.29, 1.82) is 0 Å². The zero-order valence-corrected chi connectivity index (χ0v) is 30.9. The molecule has 0 aliphatic heterocycles. The quantitative estimate of drug-likeness (QED) is 0.165. The highest BCUT2D eigenvalue weighted by atomic mass is 32.1. The van der Waals surface area contributed by atoms with Gasteiger partial charge in [-0.1, -0.05) is 62.3 Å². The van der Waals surface area contributed by atoms with Gasteiger partial charge in [0.2, 0.25) is 14.1 Å². The van der Waals surface area contributed by atoms with Crippen LogP contribution in [0.15, 0.2) is 24.0 Å². The highest BCUT2D eigenvalue weighted by molar-refractivity contribution is 7.12. The summed E-state index contributed by atoms with van der Waals surface area (Å²) in [7, 11) is -2.37. The topological polar surface area (TPSA) is 82.6 Å². The van der Waals surface area contributed by atoms with Gasteiger partial charge in [-0.05, 0) is 64.6 Å². The predicted molar refractivity (Wildman–Crippen MR) is 180 cm³/mol. The SMILES string of the molecule is COCc1csc(C(=O)c2cncnc2N[C@@H]2C[C@H](CO[Si](C)(C)C(C)(C)C)[C@@H](O[Si](C(C)C)(C(C)C)C(C)C)C2)c1. The summed E-state index contributed by atoms with van der Waals surface area (Å²) in [6.07, 6.45) is 5.01. The van der Waals surface area contributed by atoms with Crippen LogP contribution in [0.25, 0.3) is 0 Å². The molecule has 7 nitrogen and oxygen atoms in total. The smallest absolute Gasteiger partial charge is 0.208 e. The zero-order valence-electron chi connectivity index (χ0n) is 28.0. The molecule has 2 aromatic rings. The van der Waals surface area contributed by atoms with E-state index in [1.807, 2.05) is 11.4 Å². The Morgan fingerprint density at radius 3 is 2.31 bits per heavy atom. The zero-order chi connectivity index (χ0) is 31.5. The number of ketones is 1. The Morgan fingerprint density at radius 1 is 1.10 bits per heavy atom. The summed E-state index contributed by atoms with van der Waals surface area (Å²) < 4.78 is 19.5. The molecule has 0 unspecified atom stereocenters. The van der Waals surface area contributed by atoms with Gasteiger partial charge >= 0.3 is 0 Å². The normalized spacial score (nSPS) is 20.2. The molecule has 2 aromatic heterocycles. The fraction of sp³-hybridized carbons (Fsp3) is 0.719. The average Bonchev–Trinajstić information content (AvgIpc) is 3.51. The highest BCUT2D eigenvalue weighted by Crippen LogP contribution is 2.46. The van der Waals surface area contributed by atoms with E-state index in [-0.39, 0.29) is 28.9 Å². The van der Waals surface area contributed by atoms with Crippen molar-refractivity contribution >= 4 is 39.6 Å². The van der Waals surface area contributed by atoms with Crippen molar-refractivity contribution < 1.29 is 18.4 Å². The summed E-state index contributed by atoms with van der Waals surface area (Å²) in [5.41, 5.74) is 3.01. The molecule has 3 rings (SSSR count). The van der Waals surface area contributed by atoms with Crippen LogP contribution in [0, 0.1) is 5.92 Å². The molecule has 1 aliphatic carbocycles. The van der Waals surface area contributed by atoms with Crippen LogP contribution in [0.5, 0.6) is 0 Å². The van der Waals surface area contributed by atoms with E-state index in [1.54, 1.807) is 13.3 Å². The average molecular weight is 634 g/mol. The summed E-state index contributed by atoms with van der Waals surface area (Å²) in [5.74, 6) is 0.793. The van der Waals surface area contributed by atoms with Gasteiger partial charge in [-0.25, -0.2) is 9.97 Å². The molecule has 1 N–H and O–H groups in total. The summed E-state index contributed by atoms with van der Waals surface area (Å²) in [4.78, 5) is 22.9. The molecule has 0 radical (unpaired) electrons. The predicted octanol–water partition coefficient (Wildman–Crippen LogP) is 8.69. The molecule has 1 fully saturated rings. The molecule has 236 valence electrons. The largest absolute Gasteiger partial charge is 0.416 e. The minimum Gasteiger partial charge on any atom is -0.416 e. The van der Waals surface area contributed by atoms with E-state index in [0.29, 0.717) is 46.1 Å². The number of methoxy groups -OCH3 is 1. The van der Waals surface area contributed by atoms with Crippen molar-refractivity contribution in [3.8, 4) is 0 Å². The second-order valence-corrected chi connectivity index (χ2v) is 25.6. The number of nitrogens with zero attached hydrogens (tertiary/aromatic N) is 2. The van der Waals surface area contributed by atoms with Crippen molar-refractivity contribution in [3.05, 3.63) is 40.0 Å². The van der Waals surface area contributed by atoms with Gasteiger partial charge < -0.3 is 18.9 Å². The number of thiophene rings is 1. The van der Waals surface area contributed by atoms with Crippen LogP contribution in [0.2, 0.25) is 34.8 Å². The van der Waals surface area contributed by atoms with Gasteiger partial charge in [0.25, 0.3) is 0 Å². The minimum atomic E-state index is -2.11.